The van der Waals surface area contributed by atoms with E-state index in [0.29, 0.717) is 0 Å². The van der Waals surface area contributed by atoms with Gasteiger partial charge in [0.2, 0.25) is 0 Å². The molecule has 268 valence electrons. The first-order chi connectivity index (χ1) is 28.3. The molecule has 3 heteroatoms. The van der Waals surface area contributed by atoms with E-state index < -0.39 is 0 Å². The molecule has 0 N–H and O–H groups in total. The second-order valence-electron chi connectivity index (χ2n) is 14.6. The van der Waals surface area contributed by atoms with E-state index in [1.165, 1.54) is 65.9 Å². The summed E-state index contributed by atoms with van der Waals surface area (Å²) >= 11 is 0. The molecule has 9 aromatic carbocycles. The minimum atomic E-state index is 1.09. The smallest absolute Gasteiger partial charge is 0.0561 e. The molecule has 0 aliphatic rings. The van der Waals surface area contributed by atoms with E-state index in [9.17, 15) is 0 Å². The summed E-state index contributed by atoms with van der Waals surface area (Å²) in [5.41, 5.74) is 15.2. The molecule has 0 atom stereocenters. The molecule has 2 aromatic heterocycles. The third kappa shape index (κ3) is 5.51. The van der Waals surface area contributed by atoms with E-state index in [1.54, 1.807) is 0 Å². The predicted octanol–water partition coefficient (Wildman–Crippen LogP) is 14.7. The third-order valence-corrected chi connectivity index (χ3v) is 11.3. The van der Waals surface area contributed by atoms with Gasteiger partial charge in [0.15, 0.2) is 0 Å². The average Bonchev–Trinajstić information content (AvgIpc) is 3.81. The number of anilines is 3. The summed E-state index contributed by atoms with van der Waals surface area (Å²) in [7, 11) is 0. The summed E-state index contributed by atoms with van der Waals surface area (Å²) in [5.74, 6) is 0. The van der Waals surface area contributed by atoms with Gasteiger partial charge < -0.3 is 14.0 Å². The lowest BCUT2D eigenvalue weighted by Gasteiger charge is -2.26. The molecule has 0 radical (unpaired) electrons. The van der Waals surface area contributed by atoms with Gasteiger partial charge in [0.05, 0.1) is 22.1 Å². The normalized spacial score (nSPS) is 11.5. The number of benzene rings is 9. The van der Waals surface area contributed by atoms with Crippen LogP contribution in [0.3, 0.4) is 0 Å². The van der Waals surface area contributed by atoms with Crippen LogP contribution in [0.25, 0.3) is 77.2 Å². The number of aromatic nitrogens is 2. The van der Waals surface area contributed by atoms with Crippen LogP contribution >= 0.6 is 0 Å². The summed E-state index contributed by atoms with van der Waals surface area (Å²) in [6.07, 6.45) is 0. The van der Waals surface area contributed by atoms with Crippen LogP contribution in [0.2, 0.25) is 0 Å². The lowest BCUT2D eigenvalue weighted by molar-refractivity contribution is 1.18. The molecule has 0 aliphatic carbocycles. The number of fused-ring (bicyclic) bond motifs is 6. The Bertz CT molecular complexity index is 3200. The largest absolute Gasteiger partial charge is 0.310 e. The van der Waals surface area contributed by atoms with Crippen molar-refractivity contribution in [1.82, 2.24) is 9.13 Å². The van der Waals surface area contributed by atoms with Gasteiger partial charge in [-0.2, -0.15) is 0 Å². The van der Waals surface area contributed by atoms with Crippen molar-refractivity contribution >= 4 is 60.7 Å². The molecule has 0 saturated carbocycles. The van der Waals surface area contributed by atoms with Gasteiger partial charge in [-0.15, -0.1) is 0 Å². The van der Waals surface area contributed by atoms with Crippen LogP contribution in [0.15, 0.2) is 224 Å². The van der Waals surface area contributed by atoms with Crippen molar-refractivity contribution in [2.24, 2.45) is 0 Å². The molecule has 57 heavy (non-hydrogen) atoms. The fourth-order valence-electron chi connectivity index (χ4n) is 8.74. The van der Waals surface area contributed by atoms with Gasteiger partial charge in [-0.25, -0.2) is 0 Å². The Labute approximate surface area is 331 Å². The van der Waals surface area contributed by atoms with Gasteiger partial charge in [0.1, 0.15) is 0 Å². The maximum absolute atomic E-state index is 2.39. The Morgan fingerprint density at radius 3 is 1.39 bits per heavy atom. The lowest BCUT2D eigenvalue weighted by atomic mass is 9.99. The molecule has 0 spiro atoms. The summed E-state index contributed by atoms with van der Waals surface area (Å²) in [4.78, 5) is 2.38. The molecule has 0 fully saturated rings. The molecule has 11 rings (SSSR count). The zero-order valence-corrected chi connectivity index (χ0v) is 31.2. The SMILES string of the molecule is c1ccc(-c2ccc(N(c3ccc(-c4cccc5c4c4ccccc4n5-c4ccccc4)cc3)c3ccc4c5ccccc5n(-c5ccccc5)c4c3)cc2)cc1. The Balaban J connectivity index is 1.08. The molecular weight excluding hydrogens is 691 g/mol. The molecular formula is C54H37N3. The van der Waals surface area contributed by atoms with Crippen molar-refractivity contribution in [3.8, 4) is 33.6 Å². The zero-order chi connectivity index (χ0) is 37.7. The Morgan fingerprint density at radius 2 is 0.737 bits per heavy atom. The van der Waals surface area contributed by atoms with Gasteiger partial charge in [-0.1, -0.05) is 146 Å². The maximum atomic E-state index is 2.39. The standard InChI is InChI=1S/C54H37N3/c1-4-15-38(16-5-1)39-27-31-43(32-28-39)55(45-35-36-48-47-21-10-12-24-50(47)57(53(48)37-45)42-19-8-3-9-20-42)44-33-29-40(30-34-44)46-23-14-26-52-54(46)49-22-11-13-25-51(49)56(52)41-17-6-2-7-18-41/h1-37H. The lowest BCUT2D eigenvalue weighted by Crippen LogP contribution is -2.10. The van der Waals surface area contributed by atoms with Crippen molar-refractivity contribution in [1.29, 1.82) is 0 Å². The summed E-state index contributed by atoms with van der Waals surface area (Å²) in [6, 6.07) is 81.0. The van der Waals surface area contributed by atoms with E-state index in [-0.39, 0.29) is 0 Å². The number of hydrogen-bond acceptors (Lipinski definition) is 1. The van der Waals surface area contributed by atoms with Crippen LogP contribution in [0, 0.1) is 0 Å². The number of rotatable bonds is 7. The van der Waals surface area contributed by atoms with Crippen molar-refractivity contribution in [3.05, 3.63) is 224 Å². The Morgan fingerprint density at radius 1 is 0.281 bits per heavy atom. The van der Waals surface area contributed by atoms with Crippen molar-refractivity contribution in [3.63, 3.8) is 0 Å². The number of nitrogens with zero attached hydrogens (tertiary/aromatic N) is 3. The second-order valence-corrected chi connectivity index (χ2v) is 14.6. The Hall–Kier alpha value is -7.62. The highest BCUT2D eigenvalue weighted by Gasteiger charge is 2.19. The van der Waals surface area contributed by atoms with E-state index >= 15 is 0 Å². The number of hydrogen-bond donors (Lipinski definition) is 0. The minimum absolute atomic E-state index is 1.09. The fraction of sp³-hybridized carbons (Fsp3) is 0. The highest BCUT2D eigenvalue weighted by Crippen LogP contribution is 2.42. The first-order valence-electron chi connectivity index (χ1n) is 19.5. The van der Waals surface area contributed by atoms with E-state index in [4.69, 9.17) is 0 Å². The van der Waals surface area contributed by atoms with Crippen molar-refractivity contribution in [2.75, 3.05) is 4.90 Å². The predicted molar refractivity (Wildman–Crippen MR) is 241 cm³/mol. The molecule has 0 bridgehead atoms. The monoisotopic (exact) mass is 727 g/mol. The highest BCUT2D eigenvalue weighted by molar-refractivity contribution is 6.16. The van der Waals surface area contributed by atoms with Gasteiger partial charge in [-0.3, -0.25) is 0 Å². The van der Waals surface area contributed by atoms with Gasteiger partial charge in [-0.05, 0) is 101 Å². The molecule has 0 unspecified atom stereocenters. The average molecular weight is 728 g/mol. The molecule has 0 aliphatic heterocycles. The van der Waals surface area contributed by atoms with Crippen LogP contribution in [0.1, 0.15) is 0 Å². The van der Waals surface area contributed by atoms with Crippen LogP contribution in [0.5, 0.6) is 0 Å². The highest BCUT2D eigenvalue weighted by atomic mass is 15.1. The van der Waals surface area contributed by atoms with Crippen LogP contribution < -0.4 is 4.90 Å². The third-order valence-electron chi connectivity index (χ3n) is 11.3. The fourth-order valence-corrected chi connectivity index (χ4v) is 8.74. The summed E-state index contributed by atoms with van der Waals surface area (Å²) in [6.45, 7) is 0. The molecule has 0 saturated heterocycles. The van der Waals surface area contributed by atoms with E-state index in [0.717, 1.165) is 28.4 Å². The van der Waals surface area contributed by atoms with Crippen molar-refractivity contribution in [2.45, 2.75) is 0 Å². The van der Waals surface area contributed by atoms with Gasteiger partial charge in [0.25, 0.3) is 0 Å². The topological polar surface area (TPSA) is 13.1 Å². The molecule has 11 aromatic rings. The number of para-hydroxylation sites is 4. The zero-order valence-electron chi connectivity index (χ0n) is 31.2. The van der Waals surface area contributed by atoms with Crippen LogP contribution in [-0.2, 0) is 0 Å². The van der Waals surface area contributed by atoms with Gasteiger partial charge >= 0.3 is 0 Å². The summed E-state index contributed by atoms with van der Waals surface area (Å²) < 4.78 is 4.77. The van der Waals surface area contributed by atoms with Crippen molar-refractivity contribution < 1.29 is 0 Å². The van der Waals surface area contributed by atoms with Crippen LogP contribution in [-0.4, -0.2) is 9.13 Å². The van der Waals surface area contributed by atoms with Crippen LogP contribution in [0.4, 0.5) is 17.1 Å². The minimum Gasteiger partial charge on any atom is -0.310 e. The molecule has 0 amide bonds. The maximum Gasteiger partial charge on any atom is 0.0561 e. The van der Waals surface area contributed by atoms with E-state index in [2.05, 4.69) is 238 Å². The first-order valence-corrected chi connectivity index (χ1v) is 19.5. The van der Waals surface area contributed by atoms with E-state index in [1.807, 2.05) is 0 Å². The molecule has 3 nitrogen and oxygen atoms in total. The Kier molecular flexibility index (Phi) is 7.82. The summed E-state index contributed by atoms with van der Waals surface area (Å²) in [5, 5.41) is 4.99. The van der Waals surface area contributed by atoms with Gasteiger partial charge in [0, 0.05) is 50.0 Å². The second kappa shape index (κ2) is 13.6. The quantitative estimate of drug-likeness (QED) is 0.159. The first kappa shape index (κ1) is 32.8. The molecule has 2 heterocycles.